The highest BCUT2D eigenvalue weighted by Crippen LogP contribution is 2.41. The summed E-state index contributed by atoms with van der Waals surface area (Å²) in [6, 6.07) is 2.97. The van der Waals surface area contributed by atoms with Crippen molar-refractivity contribution in [2.24, 2.45) is 20.4 Å². The van der Waals surface area contributed by atoms with Crippen LogP contribution in [0.4, 0.5) is 8.78 Å². The van der Waals surface area contributed by atoms with Crippen LogP contribution in [0.2, 0.25) is 0 Å². The third-order valence-electron chi connectivity index (χ3n) is 5.09. The van der Waals surface area contributed by atoms with E-state index in [9.17, 15) is 13.6 Å². The van der Waals surface area contributed by atoms with Crippen LogP contribution >= 0.6 is 0 Å². The lowest BCUT2D eigenvalue weighted by atomic mass is 9.87. The quantitative estimate of drug-likeness (QED) is 0.426. The van der Waals surface area contributed by atoms with Crippen molar-refractivity contribution in [2.75, 3.05) is 7.05 Å². The highest BCUT2D eigenvalue weighted by molar-refractivity contribution is 6.21. The van der Waals surface area contributed by atoms with Gasteiger partial charge < -0.3 is 5.32 Å². The molecule has 1 saturated heterocycles. The van der Waals surface area contributed by atoms with Crippen LogP contribution < -0.4 is 5.32 Å². The molecule has 31 heavy (non-hydrogen) atoms. The van der Waals surface area contributed by atoms with Crippen molar-refractivity contribution in [3.05, 3.63) is 71.6 Å². The Hall–Kier alpha value is -3.42. The van der Waals surface area contributed by atoms with E-state index in [1.807, 2.05) is 6.92 Å². The van der Waals surface area contributed by atoms with Gasteiger partial charge in [-0.3, -0.25) is 19.7 Å². The Kier molecular flexibility index (Phi) is 7.38. The molecule has 1 N–H and O–H groups in total. The van der Waals surface area contributed by atoms with E-state index in [-0.39, 0.29) is 11.9 Å². The van der Waals surface area contributed by atoms with E-state index in [2.05, 4.69) is 33.6 Å². The molecule has 8 heteroatoms. The molecule has 164 valence electrons. The number of aliphatic imine (C=N–C) groups is 3. The molecule has 1 aliphatic heterocycles. The molecule has 0 saturated carbocycles. The number of amides is 1. The van der Waals surface area contributed by atoms with Gasteiger partial charge in [-0.15, -0.1) is 0 Å². The van der Waals surface area contributed by atoms with Crippen LogP contribution in [0.5, 0.6) is 0 Å². The van der Waals surface area contributed by atoms with E-state index in [0.717, 1.165) is 17.8 Å². The first-order valence-corrected chi connectivity index (χ1v) is 9.64. The number of rotatable bonds is 5. The van der Waals surface area contributed by atoms with Crippen molar-refractivity contribution >= 4 is 24.4 Å². The molecule has 0 unspecified atom stereocenters. The van der Waals surface area contributed by atoms with Gasteiger partial charge in [-0.25, -0.2) is 8.78 Å². The van der Waals surface area contributed by atoms with Crippen LogP contribution in [0.1, 0.15) is 39.3 Å². The molecule has 0 bridgehead atoms. The van der Waals surface area contributed by atoms with Crippen molar-refractivity contribution in [2.45, 2.75) is 33.7 Å². The first-order valence-electron chi connectivity index (χ1n) is 9.64. The largest absolute Gasteiger partial charge is 0.328 e. The highest BCUT2D eigenvalue weighted by atomic mass is 19.2. The maximum Gasteiger partial charge on any atom is 0.238 e. The zero-order valence-corrected chi connectivity index (χ0v) is 18.4. The summed E-state index contributed by atoms with van der Waals surface area (Å²) >= 11 is 0. The van der Waals surface area contributed by atoms with Crippen LogP contribution in [-0.2, 0) is 4.79 Å². The molecule has 1 aromatic carbocycles. The standard InChI is InChI=1S/C23H27F2N5O/c1-14(9-8-12-26-6)28-22(27-7)29-20-15(2)23(4,5)21(31)30(20)16(3)17-10-11-18(24)19(25)13-17/h8-13,16H,2,6H2,1,3-5,7H3,(H,27,28)/b12-8-,14-9+,29-20+/t16-/m0/s1. The van der Waals surface area contributed by atoms with Crippen molar-refractivity contribution < 1.29 is 13.6 Å². The molecule has 0 aromatic heterocycles. The average molecular weight is 427 g/mol. The minimum Gasteiger partial charge on any atom is -0.328 e. The number of likely N-dealkylation sites (tertiary alicyclic amines) is 1. The van der Waals surface area contributed by atoms with Gasteiger partial charge in [-0.05, 0) is 64.3 Å². The van der Waals surface area contributed by atoms with Gasteiger partial charge in [-0.2, -0.15) is 4.99 Å². The summed E-state index contributed by atoms with van der Waals surface area (Å²) in [5.74, 6) is -1.59. The minimum atomic E-state index is -0.979. The van der Waals surface area contributed by atoms with Gasteiger partial charge in [0, 0.05) is 24.5 Å². The summed E-state index contributed by atoms with van der Waals surface area (Å²) in [7, 11) is 1.56. The molecule has 6 nitrogen and oxygen atoms in total. The van der Waals surface area contributed by atoms with Gasteiger partial charge >= 0.3 is 0 Å². The molecule has 2 rings (SSSR count). The van der Waals surface area contributed by atoms with Gasteiger partial charge in [0.1, 0.15) is 5.84 Å². The van der Waals surface area contributed by atoms with Crippen LogP contribution in [0.3, 0.4) is 0 Å². The zero-order valence-electron chi connectivity index (χ0n) is 18.4. The second-order valence-electron chi connectivity index (χ2n) is 7.61. The molecule has 0 radical (unpaired) electrons. The lowest BCUT2D eigenvalue weighted by Gasteiger charge is -2.26. The third-order valence-corrected chi connectivity index (χ3v) is 5.09. The van der Waals surface area contributed by atoms with Crippen molar-refractivity contribution in [1.29, 1.82) is 0 Å². The summed E-state index contributed by atoms with van der Waals surface area (Å²) in [5.41, 5.74) is 0.770. The highest BCUT2D eigenvalue weighted by Gasteiger charge is 2.49. The Morgan fingerprint density at radius 2 is 1.97 bits per heavy atom. The molecule has 0 aliphatic carbocycles. The molecular formula is C23H27F2N5O. The molecule has 1 fully saturated rings. The summed E-state index contributed by atoms with van der Waals surface area (Å²) in [6.07, 6.45) is 5.00. The fraction of sp³-hybridized carbons (Fsp3) is 0.304. The minimum absolute atomic E-state index is 0.240. The smallest absolute Gasteiger partial charge is 0.238 e. The number of amidine groups is 1. The van der Waals surface area contributed by atoms with E-state index in [0.29, 0.717) is 17.0 Å². The number of guanidine groups is 1. The lowest BCUT2D eigenvalue weighted by Crippen LogP contribution is -2.36. The maximum atomic E-state index is 13.8. The SMILES string of the molecule is C=N/C=C\C=C(/C)NC(=NC)/N=C1\C(=C)C(C)(C)C(=O)N1[C@@H](C)c1ccc(F)c(F)c1. The van der Waals surface area contributed by atoms with Crippen LogP contribution in [0.15, 0.2) is 69.4 Å². The number of carbonyl (C=O) groups excluding carboxylic acids is 1. The number of hydrogen-bond acceptors (Lipinski definition) is 3. The van der Waals surface area contributed by atoms with E-state index in [1.165, 1.54) is 17.2 Å². The third kappa shape index (κ3) is 5.02. The molecule has 1 heterocycles. The van der Waals surface area contributed by atoms with Gasteiger partial charge in [0.05, 0.1) is 11.5 Å². The number of nitrogens with one attached hydrogen (secondary N) is 1. The Morgan fingerprint density at radius 3 is 2.55 bits per heavy atom. The van der Waals surface area contributed by atoms with Crippen molar-refractivity contribution in [1.82, 2.24) is 10.2 Å². The van der Waals surface area contributed by atoms with E-state index in [4.69, 9.17) is 0 Å². The first kappa shape index (κ1) is 23.9. The first-order chi connectivity index (χ1) is 14.5. The molecular weight excluding hydrogens is 400 g/mol. The summed E-state index contributed by atoms with van der Waals surface area (Å²) < 4.78 is 27.2. The number of benzene rings is 1. The van der Waals surface area contributed by atoms with Crippen LogP contribution in [-0.4, -0.2) is 36.4 Å². The Morgan fingerprint density at radius 1 is 1.29 bits per heavy atom. The monoisotopic (exact) mass is 427 g/mol. The second kappa shape index (κ2) is 9.59. The van der Waals surface area contributed by atoms with E-state index in [1.54, 1.807) is 40.0 Å². The Labute approximate surface area is 181 Å². The molecule has 1 aromatic rings. The predicted octanol–water partition coefficient (Wildman–Crippen LogP) is 4.54. The van der Waals surface area contributed by atoms with Crippen molar-refractivity contribution in [3.8, 4) is 0 Å². The predicted molar refractivity (Wildman–Crippen MR) is 121 cm³/mol. The Balaban J connectivity index is 2.47. The zero-order chi connectivity index (χ0) is 23.3. The summed E-state index contributed by atoms with van der Waals surface area (Å²) in [6.45, 7) is 14.5. The summed E-state index contributed by atoms with van der Waals surface area (Å²) in [4.78, 5) is 27.0. The van der Waals surface area contributed by atoms with Gasteiger partial charge in [0.25, 0.3) is 0 Å². The van der Waals surface area contributed by atoms with Gasteiger partial charge in [0.15, 0.2) is 11.6 Å². The summed E-state index contributed by atoms with van der Waals surface area (Å²) in [5, 5.41) is 3.05. The van der Waals surface area contributed by atoms with Gasteiger partial charge in [0.2, 0.25) is 11.9 Å². The number of halogens is 2. The molecule has 0 spiro atoms. The normalized spacial score (nSPS) is 19.5. The maximum absolute atomic E-state index is 13.8. The number of allylic oxidation sites excluding steroid dienone is 3. The molecule has 1 amide bonds. The molecule has 1 atom stereocenters. The number of carbonyl (C=O) groups is 1. The second-order valence-corrected chi connectivity index (χ2v) is 7.61. The van der Waals surface area contributed by atoms with Gasteiger partial charge in [-0.1, -0.05) is 12.6 Å². The fourth-order valence-electron chi connectivity index (χ4n) is 3.05. The Bertz CT molecular complexity index is 1020. The average Bonchev–Trinajstić information content (AvgIpc) is 2.89. The van der Waals surface area contributed by atoms with Crippen molar-refractivity contribution in [3.63, 3.8) is 0 Å². The van der Waals surface area contributed by atoms with E-state index < -0.39 is 23.1 Å². The van der Waals surface area contributed by atoms with E-state index >= 15 is 0 Å². The number of hydrogen-bond donors (Lipinski definition) is 1. The van der Waals surface area contributed by atoms with Crippen LogP contribution in [0, 0.1) is 17.0 Å². The van der Waals surface area contributed by atoms with Crippen LogP contribution in [0.25, 0.3) is 0 Å². The molecule has 1 aliphatic rings. The topological polar surface area (TPSA) is 69.4 Å². The number of nitrogens with zero attached hydrogens (tertiary/aromatic N) is 4. The fourth-order valence-corrected chi connectivity index (χ4v) is 3.05. The lowest BCUT2D eigenvalue weighted by molar-refractivity contribution is -0.133.